The molecule has 1 fully saturated rings. The molecule has 0 aliphatic carbocycles. The minimum atomic E-state index is -0.365. The molecule has 0 aromatic carbocycles. The molecule has 6 heteroatoms. The van der Waals surface area contributed by atoms with Crippen LogP contribution in [-0.2, 0) is 4.74 Å². The number of methoxy groups -OCH3 is 1. The molecule has 1 saturated heterocycles. The highest BCUT2D eigenvalue weighted by molar-refractivity contribution is 7.13. The van der Waals surface area contributed by atoms with Gasteiger partial charge in [-0.2, -0.15) is 0 Å². The first-order chi connectivity index (χ1) is 7.81. The fourth-order valence-electron chi connectivity index (χ4n) is 1.64. The van der Waals surface area contributed by atoms with Gasteiger partial charge in [0.15, 0.2) is 10.8 Å². The Labute approximate surface area is 98.4 Å². The van der Waals surface area contributed by atoms with E-state index in [1.807, 2.05) is 0 Å². The Morgan fingerprint density at radius 1 is 1.56 bits per heavy atom. The fourth-order valence-corrected chi connectivity index (χ4v) is 2.49. The molecule has 2 heterocycles. The van der Waals surface area contributed by atoms with E-state index in [-0.39, 0.29) is 5.97 Å². The van der Waals surface area contributed by atoms with Crippen LogP contribution < -0.4 is 10.2 Å². The van der Waals surface area contributed by atoms with Crippen molar-refractivity contribution in [2.45, 2.75) is 6.42 Å². The molecule has 0 atom stereocenters. The molecule has 0 unspecified atom stereocenters. The van der Waals surface area contributed by atoms with Gasteiger partial charge in [-0.15, -0.1) is 11.3 Å². The van der Waals surface area contributed by atoms with E-state index in [1.54, 1.807) is 5.38 Å². The van der Waals surface area contributed by atoms with Crippen molar-refractivity contribution in [3.8, 4) is 0 Å². The molecule has 0 radical (unpaired) electrons. The van der Waals surface area contributed by atoms with Gasteiger partial charge in [0.1, 0.15) is 0 Å². The number of ether oxygens (including phenoxy) is 1. The van der Waals surface area contributed by atoms with Crippen molar-refractivity contribution in [1.82, 2.24) is 10.3 Å². The summed E-state index contributed by atoms with van der Waals surface area (Å²) in [7, 11) is 1.37. The van der Waals surface area contributed by atoms with Crippen molar-refractivity contribution in [2.75, 3.05) is 38.2 Å². The predicted molar refractivity (Wildman–Crippen MR) is 63.2 cm³/mol. The number of carbonyl (C=O) groups excluding carboxylic acids is 1. The number of anilines is 1. The van der Waals surface area contributed by atoms with Crippen LogP contribution in [0.25, 0.3) is 0 Å². The van der Waals surface area contributed by atoms with Gasteiger partial charge >= 0.3 is 5.97 Å². The lowest BCUT2D eigenvalue weighted by Crippen LogP contribution is -2.27. The van der Waals surface area contributed by atoms with Crippen LogP contribution in [0.3, 0.4) is 0 Å². The fraction of sp³-hybridized carbons (Fsp3) is 0.600. The molecule has 88 valence electrons. The van der Waals surface area contributed by atoms with Gasteiger partial charge < -0.3 is 15.0 Å². The first-order valence-electron chi connectivity index (χ1n) is 5.31. The van der Waals surface area contributed by atoms with Crippen LogP contribution in [0, 0.1) is 0 Å². The van der Waals surface area contributed by atoms with Crippen LogP contribution >= 0.6 is 11.3 Å². The van der Waals surface area contributed by atoms with Gasteiger partial charge in [-0.25, -0.2) is 9.78 Å². The summed E-state index contributed by atoms with van der Waals surface area (Å²) in [6, 6.07) is 0. The van der Waals surface area contributed by atoms with E-state index >= 15 is 0 Å². The van der Waals surface area contributed by atoms with E-state index in [0.717, 1.165) is 37.7 Å². The zero-order valence-corrected chi connectivity index (χ0v) is 10.0. The maximum Gasteiger partial charge on any atom is 0.357 e. The van der Waals surface area contributed by atoms with E-state index < -0.39 is 0 Å². The second-order valence-electron chi connectivity index (χ2n) is 3.60. The van der Waals surface area contributed by atoms with E-state index in [0.29, 0.717) is 5.69 Å². The summed E-state index contributed by atoms with van der Waals surface area (Å²) in [4.78, 5) is 17.8. The number of aromatic nitrogens is 1. The van der Waals surface area contributed by atoms with Crippen molar-refractivity contribution < 1.29 is 9.53 Å². The Balaban J connectivity index is 2.08. The third-order valence-electron chi connectivity index (χ3n) is 2.50. The van der Waals surface area contributed by atoms with Gasteiger partial charge in [0.2, 0.25) is 0 Å². The SMILES string of the molecule is COC(=O)c1csc(N2CCCNCC2)n1. The number of esters is 1. The van der Waals surface area contributed by atoms with Gasteiger partial charge in [-0.1, -0.05) is 0 Å². The summed E-state index contributed by atoms with van der Waals surface area (Å²) in [6.45, 7) is 3.94. The molecule has 0 amide bonds. The molecule has 2 rings (SSSR count). The monoisotopic (exact) mass is 241 g/mol. The van der Waals surface area contributed by atoms with Crippen LogP contribution in [0.1, 0.15) is 16.9 Å². The number of carbonyl (C=O) groups is 1. The predicted octanol–water partition coefficient (Wildman–Crippen LogP) is 0.729. The highest BCUT2D eigenvalue weighted by Crippen LogP contribution is 2.21. The Morgan fingerprint density at radius 3 is 3.25 bits per heavy atom. The number of nitrogens with one attached hydrogen (secondary N) is 1. The Kier molecular flexibility index (Phi) is 3.74. The normalized spacial score (nSPS) is 16.9. The summed E-state index contributed by atoms with van der Waals surface area (Å²) in [5, 5.41) is 5.99. The van der Waals surface area contributed by atoms with E-state index in [1.165, 1.54) is 18.4 Å². The first kappa shape index (κ1) is 11.3. The maximum atomic E-state index is 11.3. The van der Waals surface area contributed by atoms with Crippen LogP contribution in [0.2, 0.25) is 0 Å². The number of nitrogens with zero attached hydrogens (tertiary/aromatic N) is 2. The maximum absolute atomic E-state index is 11.3. The highest BCUT2D eigenvalue weighted by atomic mass is 32.1. The molecule has 1 aromatic heterocycles. The highest BCUT2D eigenvalue weighted by Gasteiger charge is 2.16. The number of hydrogen-bond donors (Lipinski definition) is 1. The van der Waals surface area contributed by atoms with Crippen molar-refractivity contribution in [3.05, 3.63) is 11.1 Å². The number of rotatable bonds is 2. The van der Waals surface area contributed by atoms with Crippen LogP contribution in [0.5, 0.6) is 0 Å². The van der Waals surface area contributed by atoms with Crippen LogP contribution in [0.15, 0.2) is 5.38 Å². The minimum absolute atomic E-state index is 0.365. The molecule has 1 aliphatic heterocycles. The second kappa shape index (κ2) is 5.27. The Hall–Kier alpha value is -1.14. The minimum Gasteiger partial charge on any atom is -0.464 e. The molecular weight excluding hydrogens is 226 g/mol. The van der Waals surface area contributed by atoms with Crippen molar-refractivity contribution in [1.29, 1.82) is 0 Å². The van der Waals surface area contributed by atoms with E-state index in [2.05, 4.69) is 19.9 Å². The summed E-state index contributed by atoms with van der Waals surface area (Å²) in [5.41, 5.74) is 0.403. The Bertz CT molecular complexity index is 359. The zero-order valence-electron chi connectivity index (χ0n) is 9.23. The van der Waals surface area contributed by atoms with Crippen molar-refractivity contribution >= 4 is 22.4 Å². The zero-order chi connectivity index (χ0) is 11.4. The third kappa shape index (κ3) is 2.51. The molecule has 0 spiro atoms. The van der Waals surface area contributed by atoms with Gasteiger partial charge in [-0.05, 0) is 13.0 Å². The quantitative estimate of drug-likeness (QED) is 0.774. The first-order valence-corrected chi connectivity index (χ1v) is 6.19. The van der Waals surface area contributed by atoms with Crippen LogP contribution in [0.4, 0.5) is 5.13 Å². The number of hydrogen-bond acceptors (Lipinski definition) is 6. The molecule has 1 aromatic rings. The van der Waals surface area contributed by atoms with E-state index in [9.17, 15) is 4.79 Å². The molecule has 1 N–H and O–H groups in total. The largest absolute Gasteiger partial charge is 0.464 e. The summed E-state index contributed by atoms with van der Waals surface area (Å²) < 4.78 is 4.64. The summed E-state index contributed by atoms with van der Waals surface area (Å²) >= 11 is 1.50. The lowest BCUT2D eigenvalue weighted by atomic mass is 10.4. The van der Waals surface area contributed by atoms with Gasteiger partial charge in [0.05, 0.1) is 7.11 Å². The molecule has 0 saturated carbocycles. The summed E-state index contributed by atoms with van der Waals surface area (Å²) in [6.07, 6.45) is 1.10. The lowest BCUT2D eigenvalue weighted by Gasteiger charge is -2.18. The lowest BCUT2D eigenvalue weighted by molar-refractivity contribution is 0.0595. The smallest absolute Gasteiger partial charge is 0.357 e. The average molecular weight is 241 g/mol. The van der Waals surface area contributed by atoms with Gasteiger partial charge in [-0.3, -0.25) is 0 Å². The molecule has 1 aliphatic rings. The number of thiazole rings is 1. The van der Waals surface area contributed by atoms with E-state index in [4.69, 9.17) is 0 Å². The van der Waals surface area contributed by atoms with Crippen LogP contribution in [-0.4, -0.2) is 44.2 Å². The summed E-state index contributed by atoms with van der Waals surface area (Å²) in [5.74, 6) is -0.365. The standard InChI is InChI=1S/C10H15N3O2S/c1-15-9(14)8-7-16-10(12-8)13-5-2-3-11-4-6-13/h7,11H,2-6H2,1H3. The molecule has 16 heavy (non-hydrogen) atoms. The van der Waals surface area contributed by atoms with Crippen molar-refractivity contribution in [3.63, 3.8) is 0 Å². The van der Waals surface area contributed by atoms with Gasteiger partial charge in [0.25, 0.3) is 0 Å². The van der Waals surface area contributed by atoms with Gasteiger partial charge in [0, 0.05) is 25.0 Å². The topological polar surface area (TPSA) is 54.5 Å². The average Bonchev–Trinajstić information content (AvgIpc) is 2.64. The third-order valence-corrected chi connectivity index (χ3v) is 3.40. The molecular formula is C10H15N3O2S. The Morgan fingerprint density at radius 2 is 2.44 bits per heavy atom. The second-order valence-corrected chi connectivity index (χ2v) is 4.43. The molecule has 5 nitrogen and oxygen atoms in total. The molecule has 0 bridgehead atoms. The van der Waals surface area contributed by atoms with Crippen molar-refractivity contribution in [2.24, 2.45) is 0 Å².